The molecule has 1 atom stereocenters. The summed E-state index contributed by atoms with van der Waals surface area (Å²) in [4.78, 5) is 11.6. The van der Waals surface area contributed by atoms with Crippen molar-refractivity contribution in [2.24, 2.45) is 0 Å². The first kappa shape index (κ1) is 16.0. The summed E-state index contributed by atoms with van der Waals surface area (Å²) in [6.07, 6.45) is 2.66. The second kappa shape index (κ2) is 7.59. The van der Waals surface area contributed by atoms with Gasteiger partial charge in [0.2, 0.25) is 0 Å². The number of anilines is 2. The van der Waals surface area contributed by atoms with Crippen LogP contribution in [0, 0.1) is 0 Å². The van der Waals surface area contributed by atoms with Gasteiger partial charge in [0.25, 0.3) is 0 Å². The molecule has 1 aromatic heterocycles. The Morgan fingerprint density at radius 1 is 1.38 bits per heavy atom. The number of hydrogen-bond acceptors (Lipinski definition) is 5. The van der Waals surface area contributed by atoms with Crippen molar-refractivity contribution in [1.82, 2.24) is 9.97 Å². The fourth-order valence-corrected chi connectivity index (χ4v) is 2.56. The predicted octanol–water partition coefficient (Wildman–Crippen LogP) is 3.04. The molecule has 2 heterocycles. The van der Waals surface area contributed by atoms with Gasteiger partial charge in [-0.25, -0.2) is 9.97 Å². The first-order valence-corrected chi connectivity index (χ1v) is 8.13. The van der Waals surface area contributed by atoms with Gasteiger partial charge >= 0.3 is 0 Å². The topological polar surface area (TPSA) is 50.3 Å². The molecule has 1 saturated heterocycles. The van der Waals surface area contributed by atoms with Crippen LogP contribution in [0.3, 0.4) is 0 Å². The molecule has 0 aromatic carbocycles. The van der Waals surface area contributed by atoms with E-state index in [-0.39, 0.29) is 0 Å². The lowest BCUT2D eigenvalue weighted by Crippen LogP contribution is -2.33. The van der Waals surface area contributed by atoms with E-state index in [1.165, 1.54) is 6.42 Å². The van der Waals surface area contributed by atoms with Crippen molar-refractivity contribution in [1.29, 1.82) is 0 Å². The number of rotatable bonds is 7. The second-order valence-corrected chi connectivity index (χ2v) is 5.83. The Labute approximate surface area is 128 Å². The van der Waals surface area contributed by atoms with Gasteiger partial charge in [-0.2, -0.15) is 0 Å². The molecule has 0 amide bonds. The largest absolute Gasteiger partial charge is 0.376 e. The molecule has 1 aromatic rings. The van der Waals surface area contributed by atoms with E-state index < -0.39 is 0 Å². The Balaban J connectivity index is 2.21. The smallest absolute Gasteiger partial charge is 0.135 e. The molecule has 0 saturated carbocycles. The van der Waals surface area contributed by atoms with Crippen molar-refractivity contribution in [3.8, 4) is 0 Å². The van der Waals surface area contributed by atoms with Crippen LogP contribution in [0.5, 0.6) is 0 Å². The minimum absolute atomic E-state index is 0.323. The summed E-state index contributed by atoms with van der Waals surface area (Å²) in [5.74, 6) is 3.14. The molecule has 5 nitrogen and oxygen atoms in total. The van der Waals surface area contributed by atoms with Crippen LogP contribution in [0.4, 0.5) is 11.6 Å². The standard InChI is InChI=1S/C16H28N4O/c1-5-17-14-10-15(19-16(18-14)12(3)4)20(6-2)11-13-8-7-9-21-13/h10,12-13H,5-9,11H2,1-4H3,(H,17,18,19). The highest BCUT2D eigenvalue weighted by Gasteiger charge is 2.20. The SMILES string of the molecule is CCNc1cc(N(CC)CC2CCCO2)nc(C(C)C)n1. The van der Waals surface area contributed by atoms with Gasteiger partial charge in [-0.15, -0.1) is 0 Å². The van der Waals surface area contributed by atoms with Crippen molar-refractivity contribution in [3.05, 3.63) is 11.9 Å². The van der Waals surface area contributed by atoms with Gasteiger partial charge in [-0.3, -0.25) is 0 Å². The molecule has 0 bridgehead atoms. The maximum Gasteiger partial charge on any atom is 0.135 e. The lowest BCUT2D eigenvalue weighted by Gasteiger charge is -2.26. The molecule has 0 radical (unpaired) electrons. The summed E-state index contributed by atoms with van der Waals surface area (Å²) >= 11 is 0. The summed E-state index contributed by atoms with van der Waals surface area (Å²) in [7, 11) is 0. The molecule has 1 aliphatic rings. The minimum atomic E-state index is 0.323. The summed E-state index contributed by atoms with van der Waals surface area (Å²) in [6, 6.07) is 2.05. The third-order valence-corrected chi connectivity index (χ3v) is 3.76. The molecule has 5 heteroatoms. The number of aromatic nitrogens is 2. The summed E-state index contributed by atoms with van der Waals surface area (Å²) < 4.78 is 5.76. The number of nitrogens with zero attached hydrogens (tertiary/aromatic N) is 3. The van der Waals surface area contributed by atoms with Gasteiger partial charge in [0.15, 0.2) is 0 Å². The zero-order chi connectivity index (χ0) is 15.2. The molecule has 21 heavy (non-hydrogen) atoms. The van der Waals surface area contributed by atoms with Crippen LogP contribution in [-0.4, -0.2) is 42.3 Å². The van der Waals surface area contributed by atoms with Crippen molar-refractivity contribution in [3.63, 3.8) is 0 Å². The average Bonchev–Trinajstić information content (AvgIpc) is 2.97. The Hall–Kier alpha value is -1.36. The Bertz CT molecular complexity index is 444. The van der Waals surface area contributed by atoms with Crippen LogP contribution in [0.25, 0.3) is 0 Å². The van der Waals surface area contributed by atoms with Gasteiger partial charge in [0.1, 0.15) is 17.5 Å². The lowest BCUT2D eigenvalue weighted by atomic mass is 10.2. The van der Waals surface area contributed by atoms with Crippen LogP contribution in [0.1, 0.15) is 52.3 Å². The van der Waals surface area contributed by atoms with E-state index in [0.717, 1.165) is 50.1 Å². The molecule has 1 unspecified atom stereocenters. The Morgan fingerprint density at radius 2 is 2.19 bits per heavy atom. The predicted molar refractivity (Wildman–Crippen MR) is 87.1 cm³/mol. The number of hydrogen-bond donors (Lipinski definition) is 1. The normalized spacial score (nSPS) is 18.2. The first-order chi connectivity index (χ1) is 10.1. The summed E-state index contributed by atoms with van der Waals surface area (Å²) in [5.41, 5.74) is 0. The van der Waals surface area contributed by atoms with Crippen molar-refractivity contribution >= 4 is 11.6 Å². The molecular formula is C16H28N4O. The quantitative estimate of drug-likeness (QED) is 0.837. The third kappa shape index (κ3) is 4.30. The molecule has 1 fully saturated rings. The Kier molecular flexibility index (Phi) is 5.79. The van der Waals surface area contributed by atoms with Gasteiger partial charge < -0.3 is 15.0 Å². The van der Waals surface area contributed by atoms with Gasteiger partial charge in [0, 0.05) is 38.2 Å². The molecule has 1 N–H and O–H groups in total. The average molecular weight is 292 g/mol. The molecule has 2 rings (SSSR count). The van der Waals surface area contributed by atoms with Crippen LogP contribution in [0.15, 0.2) is 6.07 Å². The molecule has 0 aliphatic carbocycles. The van der Waals surface area contributed by atoms with Crippen molar-refractivity contribution < 1.29 is 4.74 Å². The van der Waals surface area contributed by atoms with E-state index in [4.69, 9.17) is 9.72 Å². The maximum absolute atomic E-state index is 5.76. The van der Waals surface area contributed by atoms with E-state index in [2.05, 4.69) is 42.9 Å². The maximum atomic E-state index is 5.76. The molecule has 118 valence electrons. The zero-order valence-corrected chi connectivity index (χ0v) is 13.7. The fourth-order valence-electron chi connectivity index (χ4n) is 2.56. The zero-order valence-electron chi connectivity index (χ0n) is 13.7. The monoisotopic (exact) mass is 292 g/mol. The summed E-state index contributed by atoms with van der Waals surface area (Å²) in [5, 5.41) is 3.31. The second-order valence-electron chi connectivity index (χ2n) is 5.83. The van der Waals surface area contributed by atoms with E-state index in [9.17, 15) is 0 Å². The molecule has 1 aliphatic heterocycles. The van der Waals surface area contributed by atoms with E-state index in [1.54, 1.807) is 0 Å². The lowest BCUT2D eigenvalue weighted by molar-refractivity contribution is 0.115. The minimum Gasteiger partial charge on any atom is -0.376 e. The van der Waals surface area contributed by atoms with Crippen LogP contribution in [-0.2, 0) is 4.74 Å². The van der Waals surface area contributed by atoms with Crippen molar-refractivity contribution in [2.75, 3.05) is 36.5 Å². The van der Waals surface area contributed by atoms with E-state index >= 15 is 0 Å². The molecule has 0 spiro atoms. The van der Waals surface area contributed by atoms with Gasteiger partial charge in [-0.1, -0.05) is 13.8 Å². The first-order valence-electron chi connectivity index (χ1n) is 8.13. The van der Waals surface area contributed by atoms with Crippen molar-refractivity contribution in [2.45, 2.75) is 52.6 Å². The molecular weight excluding hydrogens is 264 g/mol. The highest BCUT2D eigenvalue weighted by atomic mass is 16.5. The highest BCUT2D eigenvalue weighted by Crippen LogP contribution is 2.22. The van der Waals surface area contributed by atoms with Crippen LogP contribution < -0.4 is 10.2 Å². The third-order valence-electron chi connectivity index (χ3n) is 3.76. The Morgan fingerprint density at radius 3 is 2.76 bits per heavy atom. The van der Waals surface area contributed by atoms with Gasteiger partial charge in [-0.05, 0) is 26.7 Å². The summed E-state index contributed by atoms with van der Waals surface area (Å²) in [6.45, 7) is 12.1. The van der Waals surface area contributed by atoms with E-state index in [0.29, 0.717) is 12.0 Å². The highest BCUT2D eigenvalue weighted by molar-refractivity contribution is 5.49. The van der Waals surface area contributed by atoms with Crippen LogP contribution >= 0.6 is 0 Å². The van der Waals surface area contributed by atoms with Gasteiger partial charge in [0.05, 0.1) is 6.10 Å². The van der Waals surface area contributed by atoms with Crippen LogP contribution in [0.2, 0.25) is 0 Å². The number of nitrogens with one attached hydrogen (secondary N) is 1. The fraction of sp³-hybridized carbons (Fsp3) is 0.750. The van der Waals surface area contributed by atoms with E-state index in [1.807, 2.05) is 6.07 Å². The number of ether oxygens (including phenoxy) is 1. The number of likely N-dealkylation sites (N-methyl/N-ethyl adjacent to an activating group) is 1.